The molecule has 0 aliphatic carbocycles. The van der Waals surface area contributed by atoms with Gasteiger partial charge in [-0.25, -0.2) is 4.68 Å². The van der Waals surface area contributed by atoms with Crippen molar-refractivity contribution in [3.05, 3.63) is 53.8 Å². The summed E-state index contributed by atoms with van der Waals surface area (Å²) in [6, 6.07) is 6.56. The Morgan fingerprint density at radius 3 is 2.88 bits per heavy atom. The van der Waals surface area contributed by atoms with Crippen LogP contribution in [-0.4, -0.2) is 27.0 Å². The van der Waals surface area contributed by atoms with Crippen LogP contribution in [0.1, 0.15) is 17.3 Å². The molecule has 0 atom stereocenters. The summed E-state index contributed by atoms with van der Waals surface area (Å²) in [6.07, 6.45) is -2.84. The number of nitrogens with zero attached hydrogens (tertiary/aromatic N) is 4. The maximum absolute atomic E-state index is 12.8. The van der Waals surface area contributed by atoms with Crippen LogP contribution in [0.2, 0.25) is 0 Å². The zero-order chi connectivity index (χ0) is 17.9. The number of hydrogen-bond acceptors (Lipinski definition) is 6. The molecule has 0 radical (unpaired) electrons. The number of hydrogen-bond donors (Lipinski definition) is 1. The van der Waals surface area contributed by atoms with Gasteiger partial charge in [-0.15, -0.1) is 0 Å². The third kappa shape index (κ3) is 4.15. The number of alkyl halides is 3. The lowest BCUT2D eigenvalue weighted by Crippen LogP contribution is -2.06. The van der Waals surface area contributed by atoms with Crippen LogP contribution >= 0.6 is 0 Å². The van der Waals surface area contributed by atoms with E-state index in [-0.39, 0.29) is 13.2 Å². The standard InChI is InChI=1S/C15H14F3N5O2/c1-24-9-14-20-13(22-25-14)8-19-12-5-6-23(21-12)11-4-2-3-10(7-11)15(16,17)18/h2-7H,8-9H2,1H3,(H,19,21). The number of anilines is 1. The fraction of sp³-hybridized carbons (Fsp3) is 0.267. The summed E-state index contributed by atoms with van der Waals surface area (Å²) in [6.45, 7) is 0.476. The summed E-state index contributed by atoms with van der Waals surface area (Å²) in [4.78, 5) is 4.09. The van der Waals surface area contributed by atoms with Gasteiger partial charge in [0.1, 0.15) is 12.4 Å². The quantitative estimate of drug-likeness (QED) is 0.734. The van der Waals surface area contributed by atoms with Crippen molar-refractivity contribution in [3.63, 3.8) is 0 Å². The molecule has 0 saturated heterocycles. The highest BCUT2D eigenvalue weighted by Crippen LogP contribution is 2.30. The van der Waals surface area contributed by atoms with Gasteiger partial charge in [-0.3, -0.25) is 0 Å². The first-order valence-electron chi connectivity index (χ1n) is 7.23. The van der Waals surface area contributed by atoms with Crippen molar-refractivity contribution in [1.29, 1.82) is 0 Å². The zero-order valence-electron chi connectivity index (χ0n) is 13.1. The van der Waals surface area contributed by atoms with E-state index in [1.807, 2.05) is 0 Å². The van der Waals surface area contributed by atoms with E-state index in [2.05, 4.69) is 20.6 Å². The van der Waals surface area contributed by atoms with Crippen molar-refractivity contribution < 1.29 is 22.4 Å². The Balaban J connectivity index is 1.68. The summed E-state index contributed by atoms with van der Waals surface area (Å²) in [5, 5.41) is 10.9. The Bertz CT molecular complexity index is 844. The van der Waals surface area contributed by atoms with Crippen LogP contribution in [0, 0.1) is 0 Å². The average molecular weight is 353 g/mol. The molecule has 10 heteroatoms. The number of nitrogens with one attached hydrogen (secondary N) is 1. The van der Waals surface area contributed by atoms with E-state index in [0.717, 1.165) is 12.1 Å². The van der Waals surface area contributed by atoms with Crippen LogP contribution in [0.3, 0.4) is 0 Å². The van der Waals surface area contributed by atoms with Gasteiger partial charge in [0.25, 0.3) is 5.89 Å². The Hall–Kier alpha value is -2.88. The molecule has 0 unspecified atom stereocenters. The number of aromatic nitrogens is 4. The van der Waals surface area contributed by atoms with E-state index < -0.39 is 11.7 Å². The molecule has 3 aromatic rings. The molecule has 0 spiro atoms. The van der Waals surface area contributed by atoms with Gasteiger partial charge in [-0.1, -0.05) is 11.2 Å². The van der Waals surface area contributed by atoms with Crippen molar-refractivity contribution in [1.82, 2.24) is 19.9 Å². The minimum atomic E-state index is -4.40. The first-order valence-corrected chi connectivity index (χ1v) is 7.23. The molecular weight excluding hydrogens is 339 g/mol. The number of benzene rings is 1. The molecule has 0 saturated carbocycles. The minimum Gasteiger partial charge on any atom is -0.375 e. The van der Waals surface area contributed by atoms with Crippen LogP contribution < -0.4 is 5.32 Å². The number of methoxy groups -OCH3 is 1. The third-order valence-electron chi connectivity index (χ3n) is 3.23. The highest BCUT2D eigenvalue weighted by molar-refractivity contribution is 5.40. The van der Waals surface area contributed by atoms with E-state index >= 15 is 0 Å². The van der Waals surface area contributed by atoms with E-state index in [9.17, 15) is 13.2 Å². The fourth-order valence-electron chi connectivity index (χ4n) is 2.10. The minimum absolute atomic E-state index is 0.219. The second kappa shape index (κ2) is 6.93. The second-order valence-electron chi connectivity index (χ2n) is 5.08. The molecule has 7 nitrogen and oxygen atoms in total. The molecule has 0 aliphatic rings. The summed E-state index contributed by atoms with van der Waals surface area (Å²) < 4.78 is 49.5. The molecule has 1 aromatic carbocycles. The van der Waals surface area contributed by atoms with Gasteiger partial charge < -0.3 is 14.6 Å². The van der Waals surface area contributed by atoms with Gasteiger partial charge in [0, 0.05) is 19.4 Å². The molecular formula is C15H14F3N5O2. The summed E-state index contributed by atoms with van der Waals surface area (Å²) in [5.74, 6) is 1.24. The van der Waals surface area contributed by atoms with Crippen molar-refractivity contribution in [2.45, 2.75) is 19.3 Å². The Morgan fingerprint density at radius 1 is 1.28 bits per heavy atom. The molecule has 1 N–H and O–H groups in total. The molecule has 2 heterocycles. The second-order valence-corrected chi connectivity index (χ2v) is 5.08. The van der Waals surface area contributed by atoms with Gasteiger partial charge in [0.2, 0.25) is 0 Å². The smallest absolute Gasteiger partial charge is 0.375 e. The van der Waals surface area contributed by atoms with Crippen molar-refractivity contribution >= 4 is 5.82 Å². The summed E-state index contributed by atoms with van der Waals surface area (Å²) in [7, 11) is 1.52. The average Bonchev–Trinajstić information content (AvgIpc) is 3.22. The molecule has 3 rings (SSSR count). The van der Waals surface area contributed by atoms with Crippen LogP contribution in [0.25, 0.3) is 5.69 Å². The fourth-order valence-corrected chi connectivity index (χ4v) is 2.10. The summed E-state index contributed by atoms with van der Waals surface area (Å²) >= 11 is 0. The summed E-state index contributed by atoms with van der Waals surface area (Å²) in [5.41, 5.74) is -0.419. The monoisotopic (exact) mass is 353 g/mol. The molecule has 0 aliphatic heterocycles. The molecule has 0 fully saturated rings. The molecule has 2 aromatic heterocycles. The lowest BCUT2D eigenvalue weighted by molar-refractivity contribution is -0.137. The molecule has 25 heavy (non-hydrogen) atoms. The van der Waals surface area contributed by atoms with Crippen LogP contribution in [-0.2, 0) is 24.1 Å². The van der Waals surface area contributed by atoms with E-state index in [1.165, 1.54) is 17.9 Å². The van der Waals surface area contributed by atoms with E-state index in [0.29, 0.717) is 23.2 Å². The molecule has 0 amide bonds. The van der Waals surface area contributed by atoms with Crippen LogP contribution in [0.15, 0.2) is 41.1 Å². The number of rotatable bonds is 6. The number of halogens is 3. The van der Waals surface area contributed by atoms with Crippen molar-refractivity contribution in [2.75, 3.05) is 12.4 Å². The number of ether oxygens (including phenoxy) is 1. The predicted octanol–water partition coefficient (Wildman–Crippen LogP) is 3.03. The SMILES string of the molecule is COCc1nc(CNc2ccn(-c3cccc(C(F)(F)F)c3)n2)no1. The molecule has 0 bridgehead atoms. The third-order valence-corrected chi connectivity index (χ3v) is 3.23. The topological polar surface area (TPSA) is 78.0 Å². The highest BCUT2D eigenvalue weighted by atomic mass is 19.4. The van der Waals surface area contributed by atoms with Gasteiger partial charge in [0.15, 0.2) is 5.82 Å². The Morgan fingerprint density at radius 2 is 2.12 bits per heavy atom. The zero-order valence-corrected chi connectivity index (χ0v) is 13.1. The maximum atomic E-state index is 12.8. The Kier molecular flexibility index (Phi) is 4.70. The van der Waals surface area contributed by atoms with Gasteiger partial charge in [0.05, 0.1) is 17.8 Å². The van der Waals surface area contributed by atoms with Crippen LogP contribution in [0.4, 0.5) is 19.0 Å². The lowest BCUT2D eigenvalue weighted by Gasteiger charge is -2.08. The van der Waals surface area contributed by atoms with Crippen LogP contribution in [0.5, 0.6) is 0 Å². The maximum Gasteiger partial charge on any atom is 0.416 e. The predicted molar refractivity (Wildman–Crippen MR) is 80.9 cm³/mol. The van der Waals surface area contributed by atoms with E-state index in [4.69, 9.17) is 9.26 Å². The van der Waals surface area contributed by atoms with Gasteiger partial charge in [-0.05, 0) is 18.2 Å². The van der Waals surface area contributed by atoms with Gasteiger partial charge in [-0.2, -0.15) is 23.3 Å². The highest BCUT2D eigenvalue weighted by Gasteiger charge is 2.30. The van der Waals surface area contributed by atoms with Crippen molar-refractivity contribution in [2.24, 2.45) is 0 Å². The Labute approximate surface area is 140 Å². The normalized spacial score (nSPS) is 11.7. The molecule has 132 valence electrons. The lowest BCUT2D eigenvalue weighted by atomic mass is 10.2. The first kappa shape index (κ1) is 17.0. The largest absolute Gasteiger partial charge is 0.416 e. The van der Waals surface area contributed by atoms with E-state index in [1.54, 1.807) is 18.3 Å². The van der Waals surface area contributed by atoms with Crippen molar-refractivity contribution in [3.8, 4) is 5.69 Å². The first-order chi connectivity index (χ1) is 12.0. The van der Waals surface area contributed by atoms with Gasteiger partial charge >= 0.3 is 6.18 Å².